The Morgan fingerprint density at radius 1 is 1.37 bits per heavy atom. The van der Waals surface area contributed by atoms with E-state index in [0.717, 1.165) is 30.4 Å². The Bertz CT molecular complexity index is 600. The summed E-state index contributed by atoms with van der Waals surface area (Å²) in [5, 5.41) is 6.90. The lowest BCUT2D eigenvalue weighted by molar-refractivity contribution is 0.141. The van der Waals surface area contributed by atoms with E-state index in [0.29, 0.717) is 25.1 Å². The fourth-order valence-electron chi connectivity index (χ4n) is 3.40. The highest BCUT2D eigenvalue weighted by Crippen LogP contribution is 2.19. The van der Waals surface area contributed by atoms with Gasteiger partial charge in [0.15, 0.2) is 5.96 Å². The number of rotatable bonds is 9. The molecule has 1 aromatic carbocycles. The zero-order valence-electron chi connectivity index (χ0n) is 17.2. The molecular weight excluding hydrogens is 336 g/mol. The van der Waals surface area contributed by atoms with Crippen molar-refractivity contribution in [2.24, 2.45) is 10.9 Å². The number of nitrogens with one attached hydrogen (secondary N) is 2. The van der Waals surface area contributed by atoms with E-state index in [1.807, 2.05) is 18.2 Å². The number of piperidine rings is 1. The molecule has 150 valence electrons. The third kappa shape index (κ3) is 7.25. The fraction of sp³-hybridized carbons (Fsp3) is 0.591. The first-order chi connectivity index (χ1) is 13.1. The van der Waals surface area contributed by atoms with Crippen LogP contribution < -0.4 is 15.4 Å². The highest BCUT2D eigenvalue weighted by molar-refractivity contribution is 5.79. The Kier molecular flexibility index (Phi) is 9.19. The minimum Gasteiger partial charge on any atom is -0.489 e. The van der Waals surface area contributed by atoms with Gasteiger partial charge in [0.25, 0.3) is 0 Å². The molecule has 1 heterocycles. The minimum absolute atomic E-state index is 0.507. The Hall–Kier alpha value is -2.01. The molecule has 1 saturated heterocycles. The topological polar surface area (TPSA) is 48.9 Å². The van der Waals surface area contributed by atoms with Crippen molar-refractivity contribution in [3.05, 3.63) is 42.5 Å². The first-order valence-electron chi connectivity index (χ1n) is 10.2. The summed E-state index contributed by atoms with van der Waals surface area (Å²) in [7, 11) is 0. The van der Waals surface area contributed by atoms with Crippen molar-refractivity contribution < 1.29 is 4.74 Å². The van der Waals surface area contributed by atoms with Crippen LogP contribution in [0.1, 0.15) is 39.2 Å². The summed E-state index contributed by atoms with van der Waals surface area (Å²) in [6.07, 6.45) is 4.33. The van der Waals surface area contributed by atoms with Gasteiger partial charge < -0.3 is 20.3 Å². The Balaban J connectivity index is 1.93. The smallest absolute Gasteiger partial charge is 0.191 e. The number of likely N-dealkylation sites (tertiary alicyclic amines) is 1. The maximum absolute atomic E-state index is 5.73. The van der Waals surface area contributed by atoms with Gasteiger partial charge in [-0.3, -0.25) is 0 Å². The molecule has 1 aliphatic heterocycles. The van der Waals surface area contributed by atoms with Crippen LogP contribution in [0, 0.1) is 5.92 Å². The predicted molar refractivity (Wildman–Crippen MR) is 114 cm³/mol. The van der Waals surface area contributed by atoms with E-state index in [4.69, 9.17) is 9.73 Å². The second-order valence-corrected chi connectivity index (χ2v) is 7.38. The number of ether oxygens (including phenoxy) is 1. The van der Waals surface area contributed by atoms with Crippen molar-refractivity contribution in [3.63, 3.8) is 0 Å². The first kappa shape index (κ1) is 21.3. The molecule has 1 fully saturated rings. The van der Waals surface area contributed by atoms with Crippen molar-refractivity contribution in [1.82, 2.24) is 15.5 Å². The Labute approximate surface area is 164 Å². The number of hydrogen-bond donors (Lipinski definition) is 2. The lowest BCUT2D eigenvalue weighted by Gasteiger charge is -2.35. The van der Waals surface area contributed by atoms with Gasteiger partial charge in [-0.15, -0.1) is 0 Å². The van der Waals surface area contributed by atoms with E-state index in [9.17, 15) is 0 Å². The van der Waals surface area contributed by atoms with Gasteiger partial charge in [0, 0.05) is 31.2 Å². The first-order valence-corrected chi connectivity index (χ1v) is 10.2. The minimum atomic E-state index is 0.507. The van der Waals surface area contributed by atoms with Gasteiger partial charge in [-0.25, -0.2) is 4.99 Å². The molecule has 1 aromatic rings. The summed E-state index contributed by atoms with van der Waals surface area (Å²) < 4.78 is 5.73. The van der Waals surface area contributed by atoms with Crippen LogP contribution in [0.3, 0.4) is 0 Å². The summed E-state index contributed by atoms with van der Waals surface area (Å²) in [4.78, 5) is 7.34. The molecule has 5 heteroatoms. The van der Waals surface area contributed by atoms with Crippen molar-refractivity contribution in [2.75, 3.05) is 32.8 Å². The molecular formula is C22H36N4O. The van der Waals surface area contributed by atoms with Crippen molar-refractivity contribution in [1.29, 1.82) is 0 Å². The van der Waals surface area contributed by atoms with Crippen LogP contribution in [0.4, 0.5) is 0 Å². The summed E-state index contributed by atoms with van der Waals surface area (Å²) in [5.74, 6) is 2.42. The molecule has 1 unspecified atom stereocenters. The molecule has 0 spiro atoms. The van der Waals surface area contributed by atoms with Crippen LogP contribution in [-0.2, 0) is 6.54 Å². The van der Waals surface area contributed by atoms with Gasteiger partial charge >= 0.3 is 0 Å². The Morgan fingerprint density at radius 3 is 2.93 bits per heavy atom. The third-order valence-corrected chi connectivity index (χ3v) is 4.92. The highest BCUT2D eigenvalue weighted by atomic mass is 16.5. The van der Waals surface area contributed by atoms with Crippen LogP contribution in [0.25, 0.3) is 0 Å². The second kappa shape index (κ2) is 11.7. The molecule has 0 amide bonds. The fourth-order valence-corrected chi connectivity index (χ4v) is 3.40. The summed E-state index contributed by atoms with van der Waals surface area (Å²) in [6.45, 7) is 15.7. The maximum atomic E-state index is 5.73. The second-order valence-electron chi connectivity index (χ2n) is 7.38. The van der Waals surface area contributed by atoms with E-state index < -0.39 is 0 Å². The molecule has 0 aromatic heterocycles. The molecule has 0 saturated carbocycles. The third-order valence-electron chi connectivity index (χ3n) is 4.92. The van der Waals surface area contributed by atoms with Crippen molar-refractivity contribution in [3.8, 4) is 5.75 Å². The molecule has 27 heavy (non-hydrogen) atoms. The molecule has 2 rings (SSSR count). The molecule has 5 nitrogen and oxygen atoms in total. The molecule has 0 aliphatic carbocycles. The summed E-state index contributed by atoms with van der Waals surface area (Å²) in [6, 6.07) is 8.68. The number of hydrogen-bond acceptors (Lipinski definition) is 3. The van der Waals surface area contributed by atoms with Gasteiger partial charge in [-0.2, -0.15) is 0 Å². The number of nitrogens with zero attached hydrogens (tertiary/aromatic N) is 2. The maximum Gasteiger partial charge on any atom is 0.191 e. The number of aliphatic imine (C=N–C) groups is 1. The molecule has 0 radical (unpaired) electrons. The molecule has 2 N–H and O–H groups in total. The van der Waals surface area contributed by atoms with E-state index in [1.54, 1.807) is 6.08 Å². The van der Waals surface area contributed by atoms with Gasteiger partial charge in [0.05, 0.1) is 6.54 Å². The van der Waals surface area contributed by atoms with Crippen molar-refractivity contribution in [2.45, 2.75) is 46.2 Å². The average molecular weight is 373 g/mol. The van der Waals surface area contributed by atoms with Crippen LogP contribution in [0.15, 0.2) is 41.9 Å². The number of para-hydroxylation sites is 1. The van der Waals surface area contributed by atoms with E-state index in [2.05, 4.69) is 49.0 Å². The SMILES string of the molecule is C=CCOc1ccccc1CN=C(NCC)NCC1CCCN(C(C)C)C1. The quantitative estimate of drug-likeness (QED) is 0.396. The molecule has 1 aliphatic rings. The van der Waals surface area contributed by atoms with Gasteiger partial charge in [0.2, 0.25) is 0 Å². The molecule has 1 atom stereocenters. The van der Waals surface area contributed by atoms with Gasteiger partial charge in [-0.1, -0.05) is 30.9 Å². The standard InChI is InChI=1S/C22H36N4O/c1-5-14-27-21-12-8-7-11-20(21)16-25-22(23-6-2)24-15-19-10-9-13-26(17-19)18(3)4/h5,7-8,11-12,18-19H,1,6,9-10,13-17H2,2-4H3,(H2,23,24,25). The zero-order chi connectivity index (χ0) is 19.5. The van der Waals surface area contributed by atoms with E-state index in [1.165, 1.54) is 25.9 Å². The average Bonchev–Trinajstić information content (AvgIpc) is 2.69. The van der Waals surface area contributed by atoms with Gasteiger partial charge in [-0.05, 0) is 52.1 Å². The number of guanidine groups is 1. The van der Waals surface area contributed by atoms with Crippen molar-refractivity contribution >= 4 is 5.96 Å². The summed E-state index contributed by atoms with van der Waals surface area (Å²) >= 11 is 0. The monoisotopic (exact) mass is 372 g/mol. The Morgan fingerprint density at radius 2 is 2.19 bits per heavy atom. The molecule has 0 bridgehead atoms. The lowest BCUT2D eigenvalue weighted by atomic mass is 9.97. The van der Waals surface area contributed by atoms with Crippen LogP contribution in [0.2, 0.25) is 0 Å². The van der Waals surface area contributed by atoms with E-state index in [-0.39, 0.29) is 0 Å². The number of benzene rings is 1. The zero-order valence-corrected chi connectivity index (χ0v) is 17.2. The largest absolute Gasteiger partial charge is 0.489 e. The lowest BCUT2D eigenvalue weighted by Crippen LogP contribution is -2.46. The van der Waals surface area contributed by atoms with E-state index >= 15 is 0 Å². The highest BCUT2D eigenvalue weighted by Gasteiger charge is 2.21. The normalized spacial score (nSPS) is 18.4. The van der Waals surface area contributed by atoms with Crippen LogP contribution >= 0.6 is 0 Å². The van der Waals surface area contributed by atoms with Crippen LogP contribution in [-0.4, -0.2) is 49.7 Å². The predicted octanol–water partition coefficient (Wildman–Crippen LogP) is 3.43. The van der Waals surface area contributed by atoms with Gasteiger partial charge in [0.1, 0.15) is 12.4 Å². The van der Waals surface area contributed by atoms with Crippen LogP contribution in [0.5, 0.6) is 5.75 Å². The summed E-state index contributed by atoms with van der Waals surface area (Å²) in [5.41, 5.74) is 1.08.